The van der Waals surface area contributed by atoms with Crippen molar-refractivity contribution in [2.75, 3.05) is 25.5 Å². The van der Waals surface area contributed by atoms with Crippen molar-refractivity contribution in [2.24, 2.45) is 11.3 Å². The maximum Gasteiger partial charge on any atom is 0.339 e. The van der Waals surface area contributed by atoms with Gasteiger partial charge in [-0.1, -0.05) is 19.1 Å². The van der Waals surface area contributed by atoms with E-state index in [4.69, 9.17) is 4.74 Å². The minimum absolute atomic E-state index is 0.0764. The number of nitrogens with one attached hydrogen (secondary N) is 1. The van der Waals surface area contributed by atoms with Crippen LogP contribution in [0.3, 0.4) is 0 Å². The van der Waals surface area contributed by atoms with Crippen LogP contribution in [-0.2, 0) is 14.3 Å². The number of likely N-dealkylation sites (tertiary alicyclic amines) is 1. The molecule has 0 bridgehead atoms. The van der Waals surface area contributed by atoms with Crippen molar-refractivity contribution in [3.63, 3.8) is 0 Å². The number of amides is 2. The molecule has 1 aliphatic heterocycles. The molecular weight excluding hydrogens is 320 g/mol. The van der Waals surface area contributed by atoms with Gasteiger partial charge in [-0.05, 0) is 43.7 Å². The van der Waals surface area contributed by atoms with Crippen molar-refractivity contribution >= 4 is 23.5 Å². The van der Waals surface area contributed by atoms with Crippen LogP contribution in [-0.4, -0.2) is 42.9 Å². The number of nitrogens with zero attached hydrogens (tertiary/aromatic N) is 1. The summed E-state index contributed by atoms with van der Waals surface area (Å²) in [7, 11) is 1.30. The van der Waals surface area contributed by atoms with Crippen LogP contribution in [0.1, 0.15) is 43.0 Å². The zero-order valence-electron chi connectivity index (χ0n) is 14.7. The van der Waals surface area contributed by atoms with Crippen molar-refractivity contribution in [2.45, 2.75) is 32.6 Å². The first-order valence-corrected chi connectivity index (χ1v) is 8.76. The SMILES string of the molecule is COC(=O)c1ccccc1NC(=O)C1(C(=O)N2CCC(C)CC2)CC1. The monoisotopic (exact) mass is 344 g/mol. The van der Waals surface area contributed by atoms with E-state index in [-0.39, 0.29) is 17.4 Å². The third kappa shape index (κ3) is 3.38. The Morgan fingerprint density at radius 3 is 2.40 bits per heavy atom. The Balaban J connectivity index is 1.73. The van der Waals surface area contributed by atoms with E-state index in [0.717, 1.165) is 12.8 Å². The highest BCUT2D eigenvalue weighted by Crippen LogP contribution is 2.48. The molecule has 1 saturated carbocycles. The van der Waals surface area contributed by atoms with Gasteiger partial charge < -0.3 is 15.0 Å². The lowest BCUT2D eigenvalue weighted by Crippen LogP contribution is -2.46. The molecule has 2 amide bonds. The smallest absolute Gasteiger partial charge is 0.339 e. The van der Waals surface area contributed by atoms with Gasteiger partial charge in [0.25, 0.3) is 0 Å². The number of hydrogen-bond acceptors (Lipinski definition) is 4. The molecule has 2 fully saturated rings. The molecule has 1 saturated heterocycles. The van der Waals surface area contributed by atoms with Crippen molar-refractivity contribution < 1.29 is 19.1 Å². The van der Waals surface area contributed by atoms with Crippen LogP contribution in [0.4, 0.5) is 5.69 Å². The lowest BCUT2D eigenvalue weighted by molar-refractivity contribution is -0.143. The summed E-state index contributed by atoms with van der Waals surface area (Å²) in [6.45, 7) is 3.62. The van der Waals surface area contributed by atoms with Crippen LogP contribution in [0.5, 0.6) is 0 Å². The first-order chi connectivity index (χ1) is 12.0. The molecule has 0 spiro atoms. The summed E-state index contributed by atoms with van der Waals surface area (Å²) in [5.41, 5.74) is -0.303. The Kier molecular flexibility index (Phi) is 4.79. The van der Waals surface area contributed by atoms with Gasteiger partial charge in [-0.2, -0.15) is 0 Å². The summed E-state index contributed by atoms with van der Waals surface area (Å²) in [6.07, 6.45) is 3.08. The molecule has 134 valence electrons. The van der Waals surface area contributed by atoms with Crippen molar-refractivity contribution in [3.8, 4) is 0 Å². The molecule has 25 heavy (non-hydrogen) atoms. The Morgan fingerprint density at radius 2 is 1.80 bits per heavy atom. The highest BCUT2D eigenvalue weighted by atomic mass is 16.5. The number of ether oxygens (including phenoxy) is 1. The molecular formula is C19H24N2O4. The van der Waals surface area contributed by atoms with Crippen LogP contribution in [0.25, 0.3) is 0 Å². The van der Waals surface area contributed by atoms with Gasteiger partial charge in [0, 0.05) is 13.1 Å². The predicted octanol–water partition coefficient (Wildman–Crippen LogP) is 2.45. The maximum atomic E-state index is 12.9. The van der Waals surface area contributed by atoms with E-state index in [2.05, 4.69) is 12.2 Å². The van der Waals surface area contributed by atoms with Gasteiger partial charge in [0.1, 0.15) is 5.41 Å². The molecule has 1 N–H and O–H groups in total. The molecule has 6 nitrogen and oxygen atoms in total. The normalized spacial score (nSPS) is 19.2. The van der Waals surface area contributed by atoms with E-state index in [1.165, 1.54) is 7.11 Å². The Bertz CT molecular complexity index is 688. The van der Waals surface area contributed by atoms with Crippen LogP contribution < -0.4 is 5.32 Å². The van der Waals surface area contributed by atoms with E-state index in [0.29, 0.717) is 37.5 Å². The topological polar surface area (TPSA) is 75.7 Å². The van der Waals surface area contributed by atoms with Gasteiger partial charge in [0.05, 0.1) is 18.4 Å². The lowest BCUT2D eigenvalue weighted by atomic mass is 9.96. The summed E-state index contributed by atoms with van der Waals surface area (Å²) in [6, 6.07) is 6.67. The fraction of sp³-hybridized carbons (Fsp3) is 0.526. The van der Waals surface area contributed by atoms with Gasteiger partial charge in [-0.15, -0.1) is 0 Å². The molecule has 0 radical (unpaired) electrons. The number of methoxy groups -OCH3 is 1. The van der Waals surface area contributed by atoms with Gasteiger partial charge in [-0.25, -0.2) is 4.79 Å². The highest BCUT2D eigenvalue weighted by molar-refractivity contribution is 6.14. The molecule has 0 unspecified atom stereocenters. The largest absolute Gasteiger partial charge is 0.465 e. The number of piperidine rings is 1. The van der Waals surface area contributed by atoms with Gasteiger partial charge in [0.15, 0.2) is 0 Å². The number of hydrogen-bond donors (Lipinski definition) is 1. The molecule has 1 aromatic carbocycles. The Morgan fingerprint density at radius 1 is 1.16 bits per heavy atom. The lowest BCUT2D eigenvalue weighted by Gasteiger charge is -2.32. The Hall–Kier alpha value is -2.37. The number of carbonyl (C=O) groups excluding carboxylic acids is 3. The second kappa shape index (κ2) is 6.86. The average Bonchev–Trinajstić information content (AvgIpc) is 3.43. The fourth-order valence-electron chi connectivity index (χ4n) is 3.30. The molecule has 1 heterocycles. The fourth-order valence-corrected chi connectivity index (χ4v) is 3.30. The van der Waals surface area contributed by atoms with Crippen LogP contribution >= 0.6 is 0 Å². The number of rotatable bonds is 4. The summed E-state index contributed by atoms with van der Waals surface area (Å²) in [5, 5.41) is 2.77. The van der Waals surface area contributed by atoms with Gasteiger partial charge in [0.2, 0.25) is 11.8 Å². The zero-order valence-corrected chi connectivity index (χ0v) is 14.7. The van der Waals surface area contributed by atoms with E-state index >= 15 is 0 Å². The molecule has 0 aromatic heterocycles. The molecule has 1 aliphatic carbocycles. The second-order valence-corrected chi connectivity index (χ2v) is 7.05. The molecule has 0 atom stereocenters. The van der Waals surface area contributed by atoms with E-state index in [1.807, 2.05) is 4.90 Å². The summed E-state index contributed by atoms with van der Waals surface area (Å²) in [4.78, 5) is 39.3. The first-order valence-electron chi connectivity index (χ1n) is 8.76. The van der Waals surface area contributed by atoms with Crippen molar-refractivity contribution in [1.82, 2.24) is 4.90 Å². The summed E-state index contributed by atoms with van der Waals surface area (Å²) >= 11 is 0. The van der Waals surface area contributed by atoms with Crippen LogP contribution in [0, 0.1) is 11.3 Å². The minimum atomic E-state index is -0.968. The zero-order chi connectivity index (χ0) is 18.0. The van der Waals surface area contributed by atoms with Crippen LogP contribution in [0.15, 0.2) is 24.3 Å². The summed E-state index contributed by atoms with van der Waals surface area (Å²) < 4.78 is 4.75. The Labute approximate surface area is 147 Å². The highest BCUT2D eigenvalue weighted by Gasteiger charge is 2.58. The number of benzene rings is 1. The van der Waals surface area contributed by atoms with Crippen molar-refractivity contribution in [1.29, 1.82) is 0 Å². The summed E-state index contributed by atoms with van der Waals surface area (Å²) in [5.74, 6) is -0.294. The minimum Gasteiger partial charge on any atom is -0.465 e. The number of esters is 1. The van der Waals surface area contributed by atoms with E-state index in [9.17, 15) is 14.4 Å². The van der Waals surface area contributed by atoms with E-state index < -0.39 is 11.4 Å². The molecule has 1 aromatic rings. The standard InChI is InChI=1S/C19H24N2O4/c1-13-7-11-21(12-8-13)18(24)19(9-10-19)17(23)20-15-6-4-3-5-14(15)16(22)25-2/h3-6,13H,7-12H2,1-2H3,(H,20,23). The van der Waals surface area contributed by atoms with E-state index in [1.54, 1.807) is 24.3 Å². The quantitative estimate of drug-likeness (QED) is 0.672. The molecule has 6 heteroatoms. The van der Waals surface area contributed by atoms with Gasteiger partial charge >= 0.3 is 5.97 Å². The van der Waals surface area contributed by atoms with Crippen LogP contribution in [0.2, 0.25) is 0 Å². The number of carbonyl (C=O) groups is 3. The number of para-hydroxylation sites is 1. The second-order valence-electron chi connectivity index (χ2n) is 7.05. The average molecular weight is 344 g/mol. The third-order valence-corrected chi connectivity index (χ3v) is 5.25. The van der Waals surface area contributed by atoms with Gasteiger partial charge in [-0.3, -0.25) is 9.59 Å². The predicted molar refractivity (Wildman–Crippen MR) is 93.1 cm³/mol. The molecule has 2 aliphatic rings. The molecule has 3 rings (SSSR count). The maximum absolute atomic E-state index is 12.9. The first kappa shape index (κ1) is 17.5. The third-order valence-electron chi connectivity index (χ3n) is 5.25. The number of anilines is 1. The van der Waals surface area contributed by atoms with Crippen molar-refractivity contribution in [3.05, 3.63) is 29.8 Å².